The third-order valence-corrected chi connectivity index (χ3v) is 4.94. The third-order valence-electron chi connectivity index (χ3n) is 4.94. The molecule has 31 heavy (non-hydrogen) atoms. The van der Waals surface area contributed by atoms with Gasteiger partial charge in [0.05, 0.1) is 12.7 Å². The summed E-state index contributed by atoms with van der Waals surface area (Å²) < 4.78 is 20.4. The van der Waals surface area contributed by atoms with Crippen LogP contribution in [0.3, 0.4) is 0 Å². The fraction of sp³-hybridized carbons (Fsp3) is 0.0870. The van der Waals surface area contributed by atoms with Crippen LogP contribution in [0.25, 0.3) is 28.0 Å². The Bertz CT molecular complexity index is 1310. The molecule has 0 aliphatic carbocycles. The lowest BCUT2D eigenvalue weighted by molar-refractivity contribution is 0.0696. The first-order chi connectivity index (χ1) is 14.9. The van der Waals surface area contributed by atoms with Gasteiger partial charge in [0, 0.05) is 29.9 Å². The first-order valence-electron chi connectivity index (χ1n) is 9.34. The second-order valence-corrected chi connectivity index (χ2v) is 6.76. The van der Waals surface area contributed by atoms with Gasteiger partial charge in [-0.1, -0.05) is 0 Å². The van der Waals surface area contributed by atoms with E-state index in [1.54, 1.807) is 40.9 Å². The molecule has 0 aliphatic heterocycles. The van der Waals surface area contributed by atoms with E-state index in [1.165, 1.54) is 38.4 Å². The molecule has 0 saturated carbocycles. The topological polar surface area (TPSA) is 92.9 Å². The van der Waals surface area contributed by atoms with Crippen molar-refractivity contribution in [2.75, 3.05) is 14.2 Å². The molecule has 1 amide bonds. The van der Waals surface area contributed by atoms with Crippen molar-refractivity contribution in [3.05, 3.63) is 77.9 Å². The van der Waals surface area contributed by atoms with Gasteiger partial charge in [-0.2, -0.15) is 0 Å². The number of amides is 1. The van der Waals surface area contributed by atoms with Gasteiger partial charge in [-0.15, -0.1) is 0 Å². The van der Waals surface area contributed by atoms with Crippen LogP contribution < -0.4 is 10.1 Å². The third kappa shape index (κ3) is 3.59. The minimum atomic E-state index is -1.06. The van der Waals surface area contributed by atoms with Gasteiger partial charge in [0.15, 0.2) is 0 Å². The molecule has 7 nitrogen and oxygen atoms in total. The first-order valence-corrected chi connectivity index (χ1v) is 9.34. The van der Waals surface area contributed by atoms with Crippen molar-refractivity contribution in [2.24, 2.45) is 0 Å². The van der Waals surface area contributed by atoms with Crippen molar-refractivity contribution >= 4 is 17.5 Å². The number of nitrogens with zero attached hydrogens (tertiary/aromatic N) is 2. The van der Waals surface area contributed by atoms with Gasteiger partial charge in [-0.05, 0) is 54.6 Å². The van der Waals surface area contributed by atoms with E-state index in [9.17, 15) is 19.1 Å². The maximum absolute atomic E-state index is 13.4. The van der Waals surface area contributed by atoms with Gasteiger partial charge >= 0.3 is 5.97 Å². The maximum Gasteiger partial charge on any atom is 0.335 e. The van der Waals surface area contributed by atoms with Crippen LogP contribution in [-0.4, -0.2) is 40.5 Å². The van der Waals surface area contributed by atoms with Gasteiger partial charge in [0.2, 0.25) is 0 Å². The molecule has 0 fully saturated rings. The van der Waals surface area contributed by atoms with E-state index in [0.717, 1.165) is 0 Å². The Morgan fingerprint density at radius 1 is 1.06 bits per heavy atom. The number of carboxylic acid groups (broad SMARTS) is 1. The van der Waals surface area contributed by atoms with E-state index in [2.05, 4.69) is 10.3 Å². The number of aromatic nitrogens is 2. The quantitative estimate of drug-likeness (QED) is 0.512. The number of ether oxygens (including phenoxy) is 1. The van der Waals surface area contributed by atoms with E-state index in [0.29, 0.717) is 33.8 Å². The highest BCUT2D eigenvalue weighted by atomic mass is 19.1. The number of fused-ring (bicyclic) bond motifs is 1. The van der Waals surface area contributed by atoms with Crippen LogP contribution in [0.5, 0.6) is 5.75 Å². The van der Waals surface area contributed by atoms with Crippen LogP contribution in [0, 0.1) is 5.82 Å². The smallest absolute Gasteiger partial charge is 0.335 e. The van der Waals surface area contributed by atoms with Gasteiger partial charge < -0.3 is 15.2 Å². The van der Waals surface area contributed by atoms with Gasteiger partial charge in [-0.25, -0.2) is 14.2 Å². The zero-order valence-electron chi connectivity index (χ0n) is 16.7. The summed E-state index contributed by atoms with van der Waals surface area (Å²) in [5.41, 5.74) is 3.10. The first kappa shape index (κ1) is 20.1. The second-order valence-electron chi connectivity index (χ2n) is 6.76. The average Bonchev–Trinajstić information content (AvgIpc) is 3.17. The number of hydrogen-bond donors (Lipinski definition) is 2. The Balaban J connectivity index is 1.96. The van der Waals surface area contributed by atoms with Crippen LogP contribution in [0.1, 0.15) is 20.8 Å². The summed E-state index contributed by atoms with van der Waals surface area (Å²) in [5.74, 6) is -1.32. The molecule has 2 aromatic carbocycles. The fourth-order valence-corrected chi connectivity index (χ4v) is 3.41. The van der Waals surface area contributed by atoms with Crippen LogP contribution in [0.2, 0.25) is 0 Å². The number of aromatic carboxylic acids is 1. The Morgan fingerprint density at radius 3 is 2.42 bits per heavy atom. The molecule has 156 valence electrons. The molecular weight excluding hydrogens is 401 g/mol. The Kier molecular flexibility index (Phi) is 5.12. The Hall–Kier alpha value is -4.20. The highest BCUT2D eigenvalue weighted by Gasteiger charge is 2.21. The highest BCUT2D eigenvalue weighted by Crippen LogP contribution is 2.33. The molecule has 8 heteroatoms. The normalized spacial score (nSPS) is 10.8. The maximum atomic E-state index is 13.4. The van der Waals surface area contributed by atoms with Crippen molar-refractivity contribution in [3.63, 3.8) is 0 Å². The number of carbonyl (C=O) groups excluding carboxylic acids is 1. The summed E-state index contributed by atoms with van der Waals surface area (Å²) in [6, 6.07) is 13.8. The number of pyridine rings is 1. The van der Waals surface area contributed by atoms with Crippen molar-refractivity contribution in [3.8, 4) is 28.1 Å². The van der Waals surface area contributed by atoms with Crippen LogP contribution in [0.4, 0.5) is 4.39 Å². The van der Waals surface area contributed by atoms with Crippen LogP contribution in [-0.2, 0) is 0 Å². The summed E-state index contributed by atoms with van der Waals surface area (Å²) >= 11 is 0. The molecule has 2 N–H and O–H groups in total. The number of rotatable bonds is 5. The van der Waals surface area contributed by atoms with Gasteiger partial charge in [0.25, 0.3) is 5.91 Å². The second kappa shape index (κ2) is 7.91. The van der Waals surface area contributed by atoms with E-state index in [1.807, 2.05) is 0 Å². The molecular formula is C23H18FN3O4. The summed E-state index contributed by atoms with van der Waals surface area (Å²) in [4.78, 5) is 28.7. The molecule has 2 aromatic heterocycles. The predicted molar refractivity (Wildman–Crippen MR) is 113 cm³/mol. The lowest BCUT2D eigenvalue weighted by Crippen LogP contribution is -2.20. The fourth-order valence-electron chi connectivity index (χ4n) is 3.41. The number of hydrogen-bond acceptors (Lipinski definition) is 4. The summed E-state index contributed by atoms with van der Waals surface area (Å²) in [6.07, 6.45) is 1.70. The number of nitrogens with one attached hydrogen (secondary N) is 1. The lowest BCUT2D eigenvalue weighted by Gasteiger charge is -2.11. The number of carbonyl (C=O) groups is 2. The summed E-state index contributed by atoms with van der Waals surface area (Å²) in [5, 5.41) is 12.0. The van der Waals surface area contributed by atoms with E-state index in [4.69, 9.17) is 4.74 Å². The minimum absolute atomic E-state index is 0.111. The predicted octanol–water partition coefficient (Wildman–Crippen LogP) is 3.87. The number of carboxylic acids is 1. The highest BCUT2D eigenvalue weighted by molar-refractivity contribution is 5.99. The lowest BCUT2D eigenvalue weighted by atomic mass is 10.0. The van der Waals surface area contributed by atoms with Gasteiger partial charge in [0.1, 0.15) is 28.6 Å². The molecule has 0 atom stereocenters. The summed E-state index contributed by atoms with van der Waals surface area (Å²) in [7, 11) is 3.01. The van der Waals surface area contributed by atoms with Crippen molar-refractivity contribution < 1.29 is 23.8 Å². The standard InChI is InChI=1S/C23H18FN3O4/c1-25-22(28)21-20(13-3-7-16(24)8-4-13)26-19-10-6-15(12-27(19)21)17-11-14(23(29)30)5-9-18(17)31-2/h3-12H,1-2H3,(H,25,28)(H,29,30). The molecule has 2 heterocycles. The van der Waals surface area contributed by atoms with Crippen LogP contribution >= 0.6 is 0 Å². The molecule has 0 aliphatic rings. The molecule has 4 rings (SSSR count). The minimum Gasteiger partial charge on any atom is -0.496 e. The molecule has 0 bridgehead atoms. The van der Waals surface area contributed by atoms with Crippen molar-refractivity contribution in [2.45, 2.75) is 0 Å². The zero-order chi connectivity index (χ0) is 22.1. The van der Waals surface area contributed by atoms with E-state index < -0.39 is 5.97 Å². The molecule has 4 aromatic rings. The average molecular weight is 419 g/mol. The molecule has 0 saturated heterocycles. The number of methoxy groups -OCH3 is 1. The van der Waals surface area contributed by atoms with E-state index >= 15 is 0 Å². The van der Waals surface area contributed by atoms with E-state index in [-0.39, 0.29) is 23.0 Å². The number of imidazole rings is 1. The monoisotopic (exact) mass is 419 g/mol. The molecule has 0 spiro atoms. The van der Waals surface area contributed by atoms with Crippen LogP contribution in [0.15, 0.2) is 60.8 Å². The summed E-state index contributed by atoms with van der Waals surface area (Å²) in [6.45, 7) is 0. The SMILES string of the molecule is CNC(=O)c1c(-c2ccc(F)cc2)nc2ccc(-c3cc(C(=O)O)ccc3OC)cn12. The van der Waals surface area contributed by atoms with Crippen molar-refractivity contribution in [1.82, 2.24) is 14.7 Å². The van der Waals surface area contributed by atoms with Gasteiger partial charge in [-0.3, -0.25) is 9.20 Å². The molecule has 0 radical (unpaired) electrons. The largest absolute Gasteiger partial charge is 0.496 e. The number of halogens is 1. The molecule has 0 unspecified atom stereocenters. The van der Waals surface area contributed by atoms with Crippen molar-refractivity contribution in [1.29, 1.82) is 0 Å². The zero-order valence-corrected chi connectivity index (χ0v) is 16.7. The number of benzene rings is 2. The Morgan fingerprint density at radius 2 is 1.77 bits per heavy atom. The Labute approximate surface area is 176 Å².